The molecule has 7 atom stereocenters. The predicted molar refractivity (Wildman–Crippen MR) is 131 cm³/mol. The average Bonchev–Trinajstić information content (AvgIpc) is 3.57. The standard InChI is InChI=1S/C26H33O2.C5H5.Fe/c1-24-13-10-20(27)17-19(24)7-8-21-22(24)11-14-25(2)23(21)12-16-26(25,28)15-9-18-5-3-4-6-18;1-2-4-5-3-1;/h3-6,19,21-23,28H,7-8,10-14,16-17H2,1-2H3;1-5H;/q;;+2/t19-,21+,22-,23-,24-,25-,26-;;/m0../s1. The van der Waals surface area contributed by atoms with E-state index in [0.717, 1.165) is 50.4 Å². The maximum absolute atomic E-state index is 12.1. The number of ketones is 1. The molecule has 0 aliphatic heterocycles. The first-order valence-corrected chi connectivity index (χ1v) is 13.0. The van der Waals surface area contributed by atoms with Crippen molar-refractivity contribution in [1.82, 2.24) is 0 Å². The summed E-state index contributed by atoms with van der Waals surface area (Å²) in [6, 6.07) is 0. The van der Waals surface area contributed by atoms with Gasteiger partial charge in [0.1, 0.15) is 11.4 Å². The SMILES string of the molecule is C[C@]12CCC(=O)C[C@@H]1CC[C@@H]1[C@@H]2CC[C@@]2(C)[C@H]1CC[C@@]2(O)C#C[C]1[CH][CH][CH][CH]1.[CH]1[CH][CH][CH][CH]1.[Fe+2]. The molecule has 0 heterocycles. The van der Waals surface area contributed by atoms with Crippen molar-refractivity contribution in [2.75, 3.05) is 0 Å². The molecule has 6 aliphatic rings. The summed E-state index contributed by atoms with van der Waals surface area (Å²) < 4.78 is 0. The zero-order valence-electron chi connectivity index (χ0n) is 20.6. The molecule has 34 heavy (non-hydrogen) atoms. The third-order valence-electron chi connectivity index (χ3n) is 10.3. The Balaban J connectivity index is 0.000000407. The van der Waals surface area contributed by atoms with Crippen molar-refractivity contribution in [2.24, 2.45) is 34.5 Å². The third kappa shape index (κ3) is 4.71. The Kier molecular flexibility index (Phi) is 8.34. The summed E-state index contributed by atoms with van der Waals surface area (Å²) in [6.07, 6.45) is 27.4. The molecule has 0 spiro atoms. The van der Waals surface area contributed by atoms with E-state index in [1.54, 1.807) is 0 Å². The Labute approximate surface area is 219 Å². The number of rotatable bonds is 0. The summed E-state index contributed by atoms with van der Waals surface area (Å²) in [5, 5.41) is 11.6. The van der Waals surface area contributed by atoms with Gasteiger partial charge in [-0.25, -0.2) is 0 Å². The summed E-state index contributed by atoms with van der Waals surface area (Å²) in [6.45, 7) is 4.80. The van der Waals surface area contributed by atoms with Gasteiger partial charge in [-0.05, 0) is 132 Å². The minimum absolute atomic E-state index is 0. The normalized spacial score (nSPS) is 45.6. The average molecular weight is 498 g/mol. The molecule has 10 radical (unpaired) electrons. The van der Waals surface area contributed by atoms with Crippen LogP contribution in [0, 0.1) is 110 Å². The smallest absolute Gasteiger partial charge is 0.377 e. The van der Waals surface area contributed by atoms with Gasteiger partial charge in [0.2, 0.25) is 0 Å². The molecule has 3 heteroatoms. The molecular weight excluding hydrogens is 460 g/mol. The van der Waals surface area contributed by atoms with Crippen LogP contribution < -0.4 is 0 Å². The molecule has 6 fully saturated rings. The van der Waals surface area contributed by atoms with E-state index >= 15 is 0 Å². The molecule has 180 valence electrons. The van der Waals surface area contributed by atoms with Crippen LogP contribution >= 0.6 is 0 Å². The van der Waals surface area contributed by atoms with Crippen molar-refractivity contribution < 1.29 is 27.0 Å². The fraction of sp³-hybridized carbons (Fsp3) is 0.581. The first-order valence-electron chi connectivity index (χ1n) is 13.0. The Hall–Kier alpha value is -0.291. The molecule has 0 aromatic heterocycles. The van der Waals surface area contributed by atoms with E-state index in [4.69, 9.17) is 0 Å². The molecule has 1 N–H and O–H groups in total. The fourth-order valence-electron chi connectivity index (χ4n) is 8.22. The Morgan fingerprint density at radius 2 is 1.50 bits per heavy atom. The number of Topliss-reactive ketones (excluding diaryl/α,β-unsaturated/α-hetero) is 1. The molecule has 0 aromatic rings. The first-order chi connectivity index (χ1) is 15.9. The monoisotopic (exact) mass is 498 g/mol. The second-order valence-corrected chi connectivity index (χ2v) is 11.6. The third-order valence-corrected chi connectivity index (χ3v) is 10.3. The van der Waals surface area contributed by atoms with Crippen LogP contribution in [0.2, 0.25) is 0 Å². The van der Waals surface area contributed by atoms with Crippen LogP contribution in [0.1, 0.15) is 71.6 Å². The number of hydrogen-bond acceptors (Lipinski definition) is 2. The van der Waals surface area contributed by atoms with Crippen molar-refractivity contribution in [3.05, 3.63) is 63.7 Å². The number of hydrogen-bond donors (Lipinski definition) is 1. The number of carbonyl (C=O) groups is 1. The van der Waals surface area contributed by atoms with Gasteiger partial charge in [-0.2, -0.15) is 0 Å². The topological polar surface area (TPSA) is 37.3 Å². The van der Waals surface area contributed by atoms with Gasteiger partial charge in [-0.3, -0.25) is 4.79 Å². The maximum Gasteiger partial charge on any atom is 2.00 e. The molecule has 0 amide bonds. The maximum atomic E-state index is 12.1. The van der Waals surface area contributed by atoms with E-state index < -0.39 is 5.60 Å². The van der Waals surface area contributed by atoms with E-state index in [1.165, 1.54) is 19.3 Å². The van der Waals surface area contributed by atoms with E-state index in [9.17, 15) is 9.90 Å². The second-order valence-electron chi connectivity index (χ2n) is 11.6. The van der Waals surface area contributed by atoms with Gasteiger partial charge < -0.3 is 5.11 Å². The van der Waals surface area contributed by atoms with Crippen LogP contribution in [-0.4, -0.2) is 16.5 Å². The fourth-order valence-corrected chi connectivity index (χ4v) is 8.22. The molecule has 6 saturated carbocycles. The summed E-state index contributed by atoms with van der Waals surface area (Å²) in [7, 11) is 0. The minimum Gasteiger partial charge on any atom is -0.377 e. The molecule has 6 aliphatic carbocycles. The zero-order valence-corrected chi connectivity index (χ0v) is 21.7. The number of aliphatic hydroxyl groups is 1. The van der Waals surface area contributed by atoms with Gasteiger partial charge in [0.05, 0.1) is 5.92 Å². The van der Waals surface area contributed by atoms with Gasteiger partial charge in [-0.15, -0.1) is 0 Å². The Bertz CT molecular complexity index is 779. The quantitative estimate of drug-likeness (QED) is 0.341. The summed E-state index contributed by atoms with van der Waals surface area (Å²) in [4.78, 5) is 12.1. The summed E-state index contributed by atoms with van der Waals surface area (Å²) in [5.41, 5.74) is -0.624. The minimum atomic E-state index is -0.861. The molecule has 0 unspecified atom stereocenters. The largest absolute Gasteiger partial charge is 2.00 e. The van der Waals surface area contributed by atoms with Crippen molar-refractivity contribution in [3.8, 4) is 11.8 Å². The van der Waals surface area contributed by atoms with Gasteiger partial charge in [-0.1, -0.05) is 25.7 Å². The molecule has 0 saturated heterocycles. The number of carbonyl (C=O) groups excluding carboxylic acids is 1. The van der Waals surface area contributed by atoms with Crippen molar-refractivity contribution in [1.29, 1.82) is 0 Å². The van der Waals surface area contributed by atoms with Crippen molar-refractivity contribution in [2.45, 2.75) is 77.2 Å². The zero-order chi connectivity index (χ0) is 23.1. The second kappa shape index (κ2) is 10.6. The van der Waals surface area contributed by atoms with Crippen LogP contribution in [0.15, 0.2) is 0 Å². The van der Waals surface area contributed by atoms with E-state index in [1.807, 2.05) is 57.8 Å². The van der Waals surface area contributed by atoms with E-state index in [2.05, 4.69) is 25.7 Å². The molecule has 0 aromatic carbocycles. The molecule has 0 bridgehead atoms. The summed E-state index contributed by atoms with van der Waals surface area (Å²) in [5.74, 6) is 10.7. The van der Waals surface area contributed by atoms with Gasteiger partial charge in [0.15, 0.2) is 0 Å². The van der Waals surface area contributed by atoms with Gasteiger partial charge >= 0.3 is 17.1 Å². The van der Waals surface area contributed by atoms with Gasteiger partial charge in [0.25, 0.3) is 0 Å². The molecule has 6 rings (SSSR count). The van der Waals surface area contributed by atoms with Crippen LogP contribution in [0.4, 0.5) is 0 Å². The predicted octanol–water partition coefficient (Wildman–Crippen LogP) is 5.76. The van der Waals surface area contributed by atoms with E-state index in [0.29, 0.717) is 29.0 Å². The van der Waals surface area contributed by atoms with Gasteiger partial charge in [0, 0.05) is 18.3 Å². The Morgan fingerprint density at radius 3 is 2.18 bits per heavy atom. The van der Waals surface area contributed by atoms with Crippen LogP contribution in [0.5, 0.6) is 0 Å². The van der Waals surface area contributed by atoms with Crippen LogP contribution in [0.3, 0.4) is 0 Å². The van der Waals surface area contributed by atoms with E-state index in [-0.39, 0.29) is 22.5 Å². The van der Waals surface area contributed by atoms with Crippen molar-refractivity contribution >= 4 is 5.78 Å². The molecular formula is C31H38FeO2+2. The first kappa shape index (κ1) is 26.8. The Morgan fingerprint density at radius 1 is 0.853 bits per heavy atom. The van der Waals surface area contributed by atoms with Crippen LogP contribution in [0.25, 0.3) is 0 Å². The summed E-state index contributed by atoms with van der Waals surface area (Å²) >= 11 is 0. The van der Waals surface area contributed by atoms with Crippen molar-refractivity contribution in [3.63, 3.8) is 0 Å². The molecule has 2 nitrogen and oxygen atoms in total. The number of fused-ring (bicyclic) bond motifs is 5. The van der Waals surface area contributed by atoms with Crippen LogP contribution in [-0.2, 0) is 21.9 Å².